The third-order valence-corrected chi connectivity index (χ3v) is 8.12. The molecule has 2 aliphatic rings. The first-order chi connectivity index (χ1) is 18.9. The average molecular weight is 539 g/mol. The second kappa shape index (κ2) is 13.8. The van der Waals surface area contributed by atoms with E-state index in [-0.39, 0.29) is 6.04 Å². The molecule has 4 rings (SSSR count). The number of aromatic nitrogens is 4. The summed E-state index contributed by atoms with van der Waals surface area (Å²) in [7, 11) is 1.85. The minimum Gasteiger partial charge on any atom is -0.462 e. The maximum absolute atomic E-state index is 12.6. The molecule has 1 unspecified atom stereocenters. The molecule has 1 saturated heterocycles. The summed E-state index contributed by atoms with van der Waals surface area (Å²) in [6.07, 6.45) is 13.0. The van der Waals surface area contributed by atoms with E-state index in [0.29, 0.717) is 35.9 Å². The molecular weight excluding hydrogens is 492 g/mol. The van der Waals surface area contributed by atoms with Crippen molar-refractivity contribution in [1.29, 1.82) is 0 Å². The lowest BCUT2D eigenvalue weighted by molar-refractivity contribution is 0.0526. The molecule has 2 N–H and O–H groups in total. The van der Waals surface area contributed by atoms with Gasteiger partial charge in [-0.25, -0.2) is 9.78 Å². The Morgan fingerprint density at radius 2 is 1.87 bits per heavy atom. The predicted octanol–water partition coefficient (Wildman–Crippen LogP) is 4.81. The summed E-state index contributed by atoms with van der Waals surface area (Å²) in [5.74, 6) is 1.13. The van der Waals surface area contributed by atoms with Gasteiger partial charge in [-0.15, -0.1) is 0 Å². The molecule has 2 aromatic rings. The molecule has 39 heavy (non-hydrogen) atoms. The number of esters is 1. The maximum Gasteiger partial charge on any atom is 0.343 e. The predicted molar refractivity (Wildman–Crippen MR) is 155 cm³/mol. The van der Waals surface area contributed by atoms with Crippen molar-refractivity contribution in [1.82, 2.24) is 29.5 Å². The normalized spacial score (nSPS) is 20.9. The van der Waals surface area contributed by atoms with Crippen LogP contribution >= 0.6 is 0 Å². The zero-order valence-corrected chi connectivity index (χ0v) is 24.2. The van der Waals surface area contributed by atoms with Crippen LogP contribution in [0.2, 0.25) is 0 Å². The number of rotatable bonds is 12. The van der Waals surface area contributed by atoms with Crippen molar-refractivity contribution < 1.29 is 9.53 Å². The molecule has 1 atom stereocenters. The molecule has 10 heteroatoms. The van der Waals surface area contributed by atoms with E-state index in [1.807, 2.05) is 13.2 Å². The molecule has 0 amide bonds. The van der Waals surface area contributed by atoms with Gasteiger partial charge in [0, 0.05) is 63.4 Å². The molecule has 1 saturated carbocycles. The largest absolute Gasteiger partial charge is 0.462 e. The molecule has 0 radical (unpaired) electrons. The molecule has 2 aromatic heterocycles. The third kappa shape index (κ3) is 7.50. The number of hydrogen-bond acceptors (Lipinski definition) is 9. The van der Waals surface area contributed by atoms with Gasteiger partial charge in [0.15, 0.2) is 0 Å². The monoisotopic (exact) mass is 538 g/mol. The Labute approximate surface area is 233 Å². The van der Waals surface area contributed by atoms with E-state index in [9.17, 15) is 4.79 Å². The van der Waals surface area contributed by atoms with Crippen LogP contribution in [0.15, 0.2) is 30.9 Å². The number of nitrogens with one attached hydrogen (secondary N) is 2. The third-order valence-electron chi connectivity index (χ3n) is 8.12. The topological polar surface area (TPSA) is 100 Å². The number of piperazine rings is 1. The highest BCUT2D eigenvalue weighted by molar-refractivity contribution is 5.94. The summed E-state index contributed by atoms with van der Waals surface area (Å²) in [5.41, 5.74) is 2.49. The van der Waals surface area contributed by atoms with Gasteiger partial charge in [0.05, 0.1) is 18.5 Å². The minimum atomic E-state index is -0.412. The van der Waals surface area contributed by atoms with Crippen LogP contribution in [0.4, 0.5) is 17.5 Å². The second-order valence-corrected chi connectivity index (χ2v) is 10.8. The highest BCUT2D eigenvalue weighted by Gasteiger charge is 2.30. The van der Waals surface area contributed by atoms with Gasteiger partial charge in [-0.3, -0.25) is 9.58 Å². The standard InChI is InChI=1S/C29H46N8O2/c1-6-9-22(7-2)21(4)36-14-16-37(17-15-36)25-12-10-23(11-13-25)32-27-26(28(38)39-8-3)19-30-29(34-27)33-24-18-31-35(5)20-24/h18-20,22-23,25H,4,6-17H2,1-3,5H3,(H2,30,32,33,34). The van der Waals surface area contributed by atoms with Crippen LogP contribution in [-0.4, -0.2) is 80.4 Å². The zero-order chi connectivity index (χ0) is 27.8. The molecule has 0 spiro atoms. The summed E-state index contributed by atoms with van der Waals surface area (Å²) < 4.78 is 6.97. The fourth-order valence-corrected chi connectivity index (χ4v) is 5.89. The molecule has 2 fully saturated rings. The minimum absolute atomic E-state index is 0.246. The number of carbonyl (C=O) groups excluding carboxylic acids is 1. The number of nitrogens with zero attached hydrogens (tertiary/aromatic N) is 6. The van der Waals surface area contributed by atoms with Crippen molar-refractivity contribution in [3.05, 3.63) is 36.4 Å². The van der Waals surface area contributed by atoms with Crippen molar-refractivity contribution in [3.63, 3.8) is 0 Å². The van der Waals surface area contributed by atoms with Crippen molar-refractivity contribution in [2.24, 2.45) is 13.0 Å². The summed E-state index contributed by atoms with van der Waals surface area (Å²) in [6, 6.07) is 0.852. The smallest absolute Gasteiger partial charge is 0.343 e. The number of hydrogen-bond donors (Lipinski definition) is 2. The Kier molecular flexibility index (Phi) is 10.2. The van der Waals surface area contributed by atoms with E-state index in [1.165, 1.54) is 31.2 Å². The van der Waals surface area contributed by atoms with Crippen LogP contribution in [0.25, 0.3) is 0 Å². The molecule has 0 aromatic carbocycles. The van der Waals surface area contributed by atoms with Gasteiger partial charge in [-0.05, 0) is 51.4 Å². The Bertz CT molecular complexity index is 1090. The van der Waals surface area contributed by atoms with Crippen molar-refractivity contribution in [2.75, 3.05) is 43.4 Å². The Morgan fingerprint density at radius 1 is 1.13 bits per heavy atom. The molecular formula is C29H46N8O2. The van der Waals surface area contributed by atoms with E-state index in [4.69, 9.17) is 4.74 Å². The van der Waals surface area contributed by atoms with E-state index in [1.54, 1.807) is 17.8 Å². The molecule has 0 bridgehead atoms. The number of carbonyl (C=O) groups is 1. The highest BCUT2D eigenvalue weighted by Crippen LogP contribution is 2.29. The lowest BCUT2D eigenvalue weighted by Gasteiger charge is -2.44. The Balaban J connectivity index is 1.33. The van der Waals surface area contributed by atoms with Gasteiger partial charge in [0.2, 0.25) is 5.95 Å². The van der Waals surface area contributed by atoms with E-state index in [2.05, 4.69) is 55.9 Å². The van der Waals surface area contributed by atoms with Crippen LogP contribution in [-0.2, 0) is 11.8 Å². The Hall–Kier alpha value is -3.14. The van der Waals surface area contributed by atoms with Gasteiger partial charge >= 0.3 is 5.97 Å². The second-order valence-electron chi connectivity index (χ2n) is 10.8. The van der Waals surface area contributed by atoms with Crippen molar-refractivity contribution >= 4 is 23.4 Å². The van der Waals surface area contributed by atoms with Gasteiger partial charge in [0.25, 0.3) is 0 Å². The highest BCUT2D eigenvalue weighted by atomic mass is 16.5. The zero-order valence-electron chi connectivity index (χ0n) is 24.2. The number of allylic oxidation sites excluding steroid dienone is 1. The summed E-state index contributed by atoms with van der Waals surface area (Å²) >= 11 is 0. The van der Waals surface area contributed by atoms with Crippen LogP contribution in [0.1, 0.15) is 76.1 Å². The fraction of sp³-hybridized carbons (Fsp3) is 0.655. The lowest BCUT2D eigenvalue weighted by Crippen LogP contribution is -2.51. The average Bonchev–Trinajstić information content (AvgIpc) is 3.36. The lowest BCUT2D eigenvalue weighted by atomic mass is 9.89. The fourth-order valence-electron chi connectivity index (χ4n) is 5.89. The first-order valence-electron chi connectivity index (χ1n) is 14.7. The Morgan fingerprint density at radius 3 is 2.49 bits per heavy atom. The number of aryl methyl sites for hydroxylation is 1. The summed E-state index contributed by atoms with van der Waals surface area (Å²) in [6.45, 7) is 15.5. The van der Waals surface area contributed by atoms with Gasteiger partial charge < -0.3 is 20.3 Å². The first kappa shape index (κ1) is 28.9. The van der Waals surface area contributed by atoms with Crippen LogP contribution < -0.4 is 10.6 Å². The van der Waals surface area contributed by atoms with Crippen LogP contribution in [0.3, 0.4) is 0 Å². The molecule has 1 aliphatic heterocycles. The van der Waals surface area contributed by atoms with E-state index in [0.717, 1.165) is 57.5 Å². The van der Waals surface area contributed by atoms with E-state index < -0.39 is 5.97 Å². The van der Waals surface area contributed by atoms with Gasteiger partial charge in [-0.2, -0.15) is 10.1 Å². The molecule has 3 heterocycles. The number of anilines is 3. The van der Waals surface area contributed by atoms with Crippen LogP contribution in [0.5, 0.6) is 0 Å². The van der Waals surface area contributed by atoms with Gasteiger partial charge in [0.1, 0.15) is 11.4 Å². The summed E-state index contributed by atoms with van der Waals surface area (Å²) in [4.78, 5) is 26.8. The first-order valence-corrected chi connectivity index (χ1v) is 14.7. The van der Waals surface area contributed by atoms with Crippen LogP contribution in [0, 0.1) is 5.92 Å². The van der Waals surface area contributed by atoms with E-state index >= 15 is 0 Å². The maximum atomic E-state index is 12.6. The molecule has 10 nitrogen and oxygen atoms in total. The van der Waals surface area contributed by atoms with Crippen molar-refractivity contribution in [3.8, 4) is 0 Å². The quantitative estimate of drug-likeness (QED) is 0.369. The van der Waals surface area contributed by atoms with Gasteiger partial charge in [-0.1, -0.05) is 26.8 Å². The molecule has 214 valence electrons. The number of ether oxygens (including phenoxy) is 1. The van der Waals surface area contributed by atoms with Crippen molar-refractivity contribution in [2.45, 2.75) is 77.8 Å². The summed E-state index contributed by atoms with van der Waals surface area (Å²) in [5, 5.41) is 10.9. The molecule has 1 aliphatic carbocycles. The SMILES string of the molecule is C=C(C(CC)CCC)N1CCN(C2CCC(Nc3nc(Nc4cnn(C)c4)ncc3C(=O)OCC)CC2)CC1.